The van der Waals surface area contributed by atoms with Gasteiger partial charge in [0.2, 0.25) is 15.9 Å². The fraction of sp³-hybridized carbons (Fsp3) is 0.588. The molecule has 8 heteroatoms. The van der Waals surface area contributed by atoms with Gasteiger partial charge in [0.05, 0.1) is 26.0 Å². The Morgan fingerprint density at radius 2 is 1.92 bits per heavy atom. The monoisotopic (exact) mass is 369 g/mol. The molecule has 2 rings (SSSR count). The first-order chi connectivity index (χ1) is 11.9. The summed E-state index contributed by atoms with van der Waals surface area (Å²) < 4.78 is 30.4. The van der Waals surface area contributed by atoms with E-state index in [1.165, 1.54) is 4.31 Å². The predicted molar refractivity (Wildman–Crippen MR) is 96.6 cm³/mol. The zero-order valence-electron chi connectivity index (χ0n) is 14.7. The summed E-state index contributed by atoms with van der Waals surface area (Å²) in [4.78, 5) is 14.4. The number of hydrogen-bond acceptors (Lipinski definition) is 5. The summed E-state index contributed by atoms with van der Waals surface area (Å²) in [5.74, 6) is -0.275. The van der Waals surface area contributed by atoms with Gasteiger partial charge in [0.1, 0.15) is 0 Å². The third kappa shape index (κ3) is 7.52. The van der Waals surface area contributed by atoms with Gasteiger partial charge in [0.25, 0.3) is 0 Å². The number of carbonyl (C=O) groups is 1. The van der Waals surface area contributed by atoms with E-state index in [-0.39, 0.29) is 19.0 Å². The molecule has 7 nitrogen and oxygen atoms in total. The molecular formula is C17H27N3O4S. The molecule has 0 unspecified atom stereocenters. The molecule has 1 N–H and O–H groups in total. The van der Waals surface area contributed by atoms with E-state index in [1.807, 2.05) is 30.3 Å². The van der Waals surface area contributed by atoms with Gasteiger partial charge in [-0.15, -0.1) is 0 Å². The normalized spacial score (nSPS) is 16.1. The van der Waals surface area contributed by atoms with Gasteiger partial charge in [0.15, 0.2) is 0 Å². The molecule has 1 aromatic carbocycles. The van der Waals surface area contributed by atoms with Crippen LogP contribution in [0.1, 0.15) is 12.0 Å². The summed E-state index contributed by atoms with van der Waals surface area (Å²) in [6, 6.07) is 9.26. The molecule has 0 atom stereocenters. The standard InChI is InChI=1S/C17H27N3O4S/c1-25(22,23)20(14-16-6-3-2-4-7-16)15-17(21)18-8-5-9-19-10-12-24-13-11-19/h2-4,6-7H,5,8-15H2,1H3,(H,18,21). The van der Waals surface area contributed by atoms with Gasteiger partial charge in [0, 0.05) is 26.2 Å². The van der Waals surface area contributed by atoms with E-state index in [0.29, 0.717) is 6.54 Å². The first kappa shape index (κ1) is 19.8. The van der Waals surface area contributed by atoms with Crippen molar-refractivity contribution in [2.24, 2.45) is 0 Å². The van der Waals surface area contributed by atoms with Gasteiger partial charge in [-0.3, -0.25) is 9.69 Å². The molecule has 0 aromatic heterocycles. The number of carbonyl (C=O) groups excluding carboxylic acids is 1. The van der Waals surface area contributed by atoms with Crippen molar-refractivity contribution in [1.29, 1.82) is 0 Å². The summed E-state index contributed by atoms with van der Waals surface area (Å²) >= 11 is 0. The number of ether oxygens (including phenoxy) is 1. The summed E-state index contributed by atoms with van der Waals surface area (Å²) in [6.07, 6.45) is 1.96. The minimum absolute atomic E-state index is 0.161. The number of benzene rings is 1. The fourth-order valence-corrected chi connectivity index (χ4v) is 3.38. The quantitative estimate of drug-likeness (QED) is 0.633. The second-order valence-electron chi connectivity index (χ2n) is 6.17. The second-order valence-corrected chi connectivity index (χ2v) is 8.16. The Morgan fingerprint density at radius 1 is 1.24 bits per heavy atom. The van der Waals surface area contributed by atoms with Crippen molar-refractivity contribution in [1.82, 2.24) is 14.5 Å². The van der Waals surface area contributed by atoms with E-state index in [4.69, 9.17) is 4.74 Å². The Morgan fingerprint density at radius 3 is 2.56 bits per heavy atom. The topological polar surface area (TPSA) is 79.0 Å². The lowest BCUT2D eigenvalue weighted by Gasteiger charge is -2.26. The van der Waals surface area contributed by atoms with Gasteiger partial charge in [-0.25, -0.2) is 8.42 Å². The lowest BCUT2D eigenvalue weighted by molar-refractivity contribution is -0.121. The highest BCUT2D eigenvalue weighted by Gasteiger charge is 2.20. The maximum Gasteiger partial charge on any atom is 0.235 e. The number of rotatable bonds is 9. The Kier molecular flexibility index (Phi) is 7.83. The molecule has 1 aliphatic heterocycles. The van der Waals surface area contributed by atoms with Crippen LogP contribution in [0.2, 0.25) is 0 Å². The van der Waals surface area contributed by atoms with Crippen molar-refractivity contribution in [3.8, 4) is 0 Å². The van der Waals surface area contributed by atoms with Gasteiger partial charge in [-0.1, -0.05) is 30.3 Å². The van der Waals surface area contributed by atoms with E-state index < -0.39 is 10.0 Å². The lowest BCUT2D eigenvalue weighted by Crippen LogP contribution is -2.41. The van der Waals surface area contributed by atoms with Crippen LogP contribution in [0.5, 0.6) is 0 Å². The Bertz CT molecular complexity index is 631. The van der Waals surface area contributed by atoms with Crippen molar-refractivity contribution < 1.29 is 17.9 Å². The van der Waals surface area contributed by atoms with Crippen LogP contribution in [0, 0.1) is 0 Å². The zero-order valence-corrected chi connectivity index (χ0v) is 15.5. The maximum absolute atomic E-state index is 12.1. The minimum atomic E-state index is -3.46. The fourth-order valence-electron chi connectivity index (χ4n) is 2.65. The summed E-state index contributed by atoms with van der Waals surface area (Å²) in [6.45, 7) is 4.85. The molecule has 1 saturated heterocycles. The molecule has 1 amide bonds. The molecule has 1 fully saturated rings. The van der Waals surface area contributed by atoms with E-state index in [2.05, 4.69) is 10.2 Å². The molecule has 0 spiro atoms. The highest BCUT2D eigenvalue weighted by atomic mass is 32.2. The van der Waals surface area contributed by atoms with Crippen LogP contribution in [-0.2, 0) is 26.1 Å². The minimum Gasteiger partial charge on any atom is -0.379 e. The second kappa shape index (κ2) is 9.86. The molecule has 0 saturated carbocycles. The number of nitrogens with zero attached hydrogens (tertiary/aromatic N) is 2. The maximum atomic E-state index is 12.1. The van der Waals surface area contributed by atoms with E-state index in [9.17, 15) is 13.2 Å². The van der Waals surface area contributed by atoms with E-state index in [0.717, 1.165) is 51.1 Å². The van der Waals surface area contributed by atoms with Crippen molar-refractivity contribution >= 4 is 15.9 Å². The molecule has 25 heavy (non-hydrogen) atoms. The van der Waals surface area contributed by atoms with Gasteiger partial charge in [-0.2, -0.15) is 4.31 Å². The Hall–Kier alpha value is -1.48. The van der Waals surface area contributed by atoms with Gasteiger partial charge >= 0.3 is 0 Å². The first-order valence-corrected chi connectivity index (χ1v) is 10.4. The van der Waals surface area contributed by atoms with Crippen molar-refractivity contribution in [3.63, 3.8) is 0 Å². The molecule has 0 radical (unpaired) electrons. The highest BCUT2D eigenvalue weighted by molar-refractivity contribution is 7.88. The number of nitrogens with one attached hydrogen (secondary N) is 1. The molecule has 0 bridgehead atoms. The summed E-state index contributed by atoms with van der Waals surface area (Å²) in [5.41, 5.74) is 0.855. The molecule has 1 aliphatic rings. The van der Waals surface area contributed by atoms with Crippen molar-refractivity contribution in [2.45, 2.75) is 13.0 Å². The van der Waals surface area contributed by atoms with Crippen molar-refractivity contribution in [3.05, 3.63) is 35.9 Å². The third-order valence-corrected chi connectivity index (χ3v) is 5.26. The Balaban J connectivity index is 1.75. The van der Waals surface area contributed by atoms with Crippen LogP contribution in [0.25, 0.3) is 0 Å². The summed E-state index contributed by atoms with van der Waals surface area (Å²) in [5, 5.41) is 2.81. The van der Waals surface area contributed by atoms with Crippen LogP contribution >= 0.6 is 0 Å². The largest absolute Gasteiger partial charge is 0.379 e. The van der Waals surface area contributed by atoms with Gasteiger partial charge < -0.3 is 10.1 Å². The molecular weight excluding hydrogens is 342 g/mol. The number of morpholine rings is 1. The van der Waals surface area contributed by atoms with Crippen LogP contribution < -0.4 is 5.32 Å². The van der Waals surface area contributed by atoms with Crippen LogP contribution in [-0.4, -0.2) is 75.7 Å². The number of hydrogen-bond donors (Lipinski definition) is 1. The number of sulfonamides is 1. The number of amides is 1. The molecule has 0 aliphatic carbocycles. The van der Waals surface area contributed by atoms with E-state index >= 15 is 0 Å². The summed E-state index contributed by atoms with van der Waals surface area (Å²) in [7, 11) is -3.46. The van der Waals surface area contributed by atoms with Crippen LogP contribution in [0.3, 0.4) is 0 Å². The first-order valence-electron chi connectivity index (χ1n) is 8.51. The van der Waals surface area contributed by atoms with Crippen molar-refractivity contribution in [2.75, 3.05) is 52.2 Å². The van der Waals surface area contributed by atoms with E-state index in [1.54, 1.807) is 0 Å². The average Bonchev–Trinajstić information content (AvgIpc) is 2.59. The van der Waals surface area contributed by atoms with Crippen LogP contribution in [0.4, 0.5) is 0 Å². The predicted octanol–water partition coefficient (Wildman–Crippen LogP) is 0.287. The lowest BCUT2D eigenvalue weighted by atomic mass is 10.2. The van der Waals surface area contributed by atoms with Gasteiger partial charge in [-0.05, 0) is 18.5 Å². The molecule has 1 aromatic rings. The smallest absolute Gasteiger partial charge is 0.235 e. The van der Waals surface area contributed by atoms with Crippen LogP contribution in [0.15, 0.2) is 30.3 Å². The Labute approximate surface area is 150 Å². The SMILES string of the molecule is CS(=O)(=O)N(CC(=O)NCCCN1CCOCC1)Cc1ccccc1. The third-order valence-electron chi connectivity index (χ3n) is 4.07. The highest BCUT2D eigenvalue weighted by Crippen LogP contribution is 2.08. The zero-order chi connectivity index (χ0) is 18.1. The average molecular weight is 369 g/mol. The molecule has 140 valence electrons. The molecule has 1 heterocycles.